The first-order valence-electron chi connectivity index (χ1n) is 5.49. The molecule has 0 radical (unpaired) electrons. The van der Waals surface area contributed by atoms with Gasteiger partial charge in [-0.25, -0.2) is 4.98 Å². The molecule has 0 aliphatic rings. The van der Waals surface area contributed by atoms with Crippen molar-refractivity contribution >= 4 is 5.91 Å². The lowest BCUT2D eigenvalue weighted by Gasteiger charge is -2.19. The zero-order chi connectivity index (χ0) is 12.7. The molecule has 0 aliphatic heterocycles. The summed E-state index contributed by atoms with van der Waals surface area (Å²) in [6.07, 6.45) is 3.98. The minimum Gasteiger partial charge on any atom is -0.334 e. The number of nitrogens with zero attached hydrogens (tertiary/aromatic N) is 3. The molecule has 0 saturated heterocycles. The third kappa shape index (κ3) is 3.42. The van der Waals surface area contributed by atoms with Crippen molar-refractivity contribution in [3.63, 3.8) is 0 Å². The lowest BCUT2D eigenvalue weighted by atomic mass is 10.2. The van der Waals surface area contributed by atoms with E-state index in [0.717, 1.165) is 6.42 Å². The highest BCUT2D eigenvalue weighted by Crippen LogP contribution is 2.04. The van der Waals surface area contributed by atoms with Gasteiger partial charge in [0.1, 0.15) is 11.8 Å². The normalized spacial score (nSPS) is 9.41. The van der Waals surface area contributed by atoms with Crippen LogP contribution in [0.1, 0.15) is 29.4 Å². The second kappa shape index (κ2) is 6.44. The zero-order valence-corrected chi connectivity index (χ0v) is 9.89. The molecule has 0 N–H and O–H groups in total. The standard InChI is InChI=1S/C13H15N3O/c1-3-7-16(8-4-2)13(17)12-6-5-11(9-14)10-15-12/h3,5-6,10H,1,4,7-8H2,2H3. The maximum atomic E-state index is 12.1. The van der Waals surface area contributed by atoms with Crippen LogP contribution in [0.5, 0.6) is 0 Å². The third-order valence-corrected chi connectivity index (χ3v) is 2.24. The van der Waals surface area contributed by atoms with Gasteiger partial charge in [0.25, 0.3) is 5.91 Å². The molecule has 4 nitrogen and oxygen atoms in total. The molecule has 88 valence electrons. The smallest absolute Gasteiger partial charge is 0.272 e. The van der Waals surface area contributed by atoms with Crippen LogP contribution in [-0.2, 0) is 0 Å². The van der Waals surface area contributed by atoms with Gasteiger partial charge >= 0.3 is 0 Å². The molecule has 0 bridgehead atoms. The van der Waals surface area contributed by atoms with Crippen molar-refractivity contribution < 1.29 is 4.79 Å². The Bertz CT molecular complexity index is 431. The molecule has 0 aliphatic carbocycles. The maximum Gasteiger partial charge on any atom is 0.272 e. The van der Waals surface area contributed by atoms with Gasteiger partial charge in [-0.2, -0.15) is 5.26 Å². The van der Waals surface area contributed by atoms with Gasteiger partial charge in [0.15, 0.2) is 0 Å². The van der Waals surface area contributed by atoms with Crippen LogP contribution in [0.4, 0.5) is 0 Å². The number of hydrogen-bond donors (Lipinski definition) is 0. The number of hydrogen-bond acceptors (Lipinski definition) is 3. The summed E-state index contributed by atoms with van der Waals surface area (Å²) in [7, 11) is 0. The second-order valence-electron chi connectivity index (χ2n) is 3.58. The van der Waals surface area contributed by atoms with Crippen molar-refractivity contribution in [3.05, 3.63) is 42.2 Å². The Balaban J connectivity index is 2.85. The monoisotopic (exact) mass is 229 g/mol. The van der Waals surface area contributed by atoms with E-state index in [1.165, 1.54) is 6.20 Å². The van der Waals surface area contributed by atoms with Gasteiger partial charge in [-0.05, 0) is 18.6 Å². The van der Waals surface area contributed by atoms with E-state index in [4.69, 9.17) is 5.26 Å². The Morgan fingerprint density at radius 2 is 2.41 bits per heavy atom. The van der Waals surface area contributed by atoms with Crippen LogP contribution in [0.2, 0.25) is 0 Å². The Hall–Kier alpha value is -2.15. The Morgan fingerprint density at radius 1 is 1.65 bits per heavy atom. The van der Waals surface area contributed by atoms with Crippen LogP contribution in [0.15, 0.2) is 31.0 Å². The van der Waals surface area contributed by atoms with E-state index in [1.807, 2.05) is 13.0 Å². The molecule has 17 heavy (non-hydrogen) atoms. The van der Waals surface area contributed by atoms with Gasteiger partial charge in [-0.3, -0.25) is 4.79 Å². The van der Waals surface area contributed by atoms with Crippen LogP contribution in [-0.4, -0.2) is 28.9 Å². The molecule has 0 fully saturated rings. The number of rotatable bonds is 5. The van der Waals surface area contributed by atoms with E-state index in [0.29, 0.717) is 24.3 Å². The van der Waals surface area contributed by atoms with E-state index in [9.17, 15) is 4.79 Å². The van der Waals surface area contributed by atoms with Crippen LogP contribution in [0, 0.1) is 11.3 Å². The summed E-state index contributed by atoms with van der Waals surface area (Å²) in [6.45, 7) is 6.82. The highest BCUT2D eigenvalue weighted by molar-refractivity contribution is 5.92. The summed E-state index contributed by atoms with van der Waals surface area (Å²) in [6, 6.07) is 5.14. The molecule has 1 rings (SSSR count). The quantitative estimate of drug-likeness (QED) is 0.725. The topological polar surface area (TPSA) is 57.0 Å². The van der Waals surface area contributed by atoms with Crippen LogP contribution < -0.4 is 0 Å². The molecule has 0 unspecified atom stereocenters. The van der Waals surface area contributed by atoms with E-state index in [-0.39, 0.29) is 5.91 Å². The van der Waals surface area contributed by atoms with Crippen molar-refractivity contribution in [2.45, 2.75) is 13.3 Å². The fraction of sp³-hybridized carbons (Fsp3) is 0.308. The number of carbonyl (C=O) groups is 1. The predicted molar refractivity (Wildman–Crippen MR) is 65.3 cm³/mol. The fourth-order valence-electron chi connectivity index (χ4n) is 1.45. The number of amides is 1. The van der Waals surface area contributed by atoms with Crippen LogP contribution in [0.25, 0.3) is 0 Å². The van der Waals surface area contributed by atoms with Crippen LogP contribution >= 0.6 is 0 Å². The molecule has 0 aromatic carbocycles. The molecule has 1 heterocycles. The predicted octanol–water partition coefficient (Wildman–Crippen LogP) is 1.99. The second-order valence-corrected chi connectivity index (χ2v) is 3.58. The minimum absolute atomic E-state index is 0.128. The lowest BCUT2D eigenvalue weighted by molar-refractivity contribution is 0.0768. The van der Waals surface area contributed by atoms with Crippen molar-refractivity contribution in [3.8, 4) is 6.07 Å². The van der Waals surface area contributed by atoms with Gasteiger partial charge in [0.2, 0.25) is 0 Å². The molecular formula is C13H15N3O. The molecule has 0 saturated carbocycles. The molecule has 4 heteroatoms. The SMILES string of the molecule is C=CCN(CCC)C(=O)c1ccc(C#N)cn1. The zero-order valence-electron chi connectivity index (χ0n) is 9.89. The number of aromatic nitrogens is 1. The summed E-state index contributed by atoms with van der Waals surface area (Å²) >= 11 is 0. The van der Waals surface area contributed by atoms with E-state index >= 15 is 0 Å². The Labute approximate surface area is 101 Å². The summed E-state index contributed by atoms with van der Waals surface area (Å²) < 4.78 is 0. The van der Waals surface area contributed by atoms with Crippen LogP contribution in [0.3, 0.4) is 0 Å². The first kappa shape index (κ1) is 12.9. The molecule has 0 atom stereocenters. The summed E-state index contributed by atoms with van der Waals surface area (Å²) in [5.74, 6) is -0.128. The molecule has 0 spiro atoms. The average molecular weight is 229 g/mol. The molecule has 1 amide bonds. The van der Waals surface area contributed by atoms with E-state index in [2.05, 4.69) is 11.6 Å². The highest BCUT2D eigenvalue weighted by Gasteiger charge is 2.14. The van der Waals surface area contributed by atoms with Gasteiger partial charge in [-0.15, -0.1) is 6.58 Å². The van der Waals surface area contributed by atoms with E-state index in [1.54, 1.807) is 23.1 Å². The van der Waals surface area contributed by atoms with Gasteiger partial charge in [0.05, 0.1) is 5.56 Å². The number of carbonyl (C=O) groups excluding carboxylic acids is 1. The third-order valence-electron chi connectivity index (χ3n) is 2.24. The van der Waals surface area contributed by atoms with E-state index < -0.39 is 0 Å². The Morgan fingerprint density at radius 3 is 2.88 bits per heavy atom. The van der Waals surface area contributed by atoms with Crippen molar-refractivity contribution in [2.75, 3.05) is 13.1 Å². The van der Waals surface area contributed by atoms with Gasteiger partial charge < -0.3 is 4.90 Å². The average Bonchev–Trinajstić information content (AvgIpc) is 2.38. The summed E-state index contributed by atoms with van der Waals surface area (Å²) in [5.41, 5.74) is 0.812. The highest BCUT2D eigenvalue weighted by atomic mass is 16.2. The molecular weight excluding hydrogens is 214 g/mol. The number of pyridine rings is 1. The lowest BCUT2D eigenvalue weighted by Crippen LogP contribution is -2.32. The molecule has 1 aromatic heterocycles. The number of nitriles is 1. The first-order valence-corrected chi connectivity index (χ1v) is 5.49. The summed E-state index contributed by atoms with van der Waals surface area (Å²) in [5, 5.41) is 8.65. The van der Waals surface area contributed by atoms with Gasteiger partial charge in [-0.1, -0.05) is 13.0 Å². The van der Waals surface area contributed by atoms with Crippen molar-refractivity contribution in [1.82, 2.24) is 9.88 Å². The van der Waals surface area contributed by atoms with Crippen molar-refractivity contribution in [2.24, 2.45) is 0 Å². The largest absolute Gasteiger partial charge is 0.334 e. The molecule has 1 aromatic rings. The Kier molecular flexibility index (Phi) is 4.89. The minimum atomic E-state index is -0.128. The fourth-order valence-corrected chi connectivity index (χ4v) is 1.45. The van der Waals surface area contributed by atoms with Crippen molar-refractivity contribution in [1.29, 1.82) is 5.26 Å². The first-order chi connectivity index (χ1) is 8.22. The summed E-state index contributed by atoms with van der Waals surface area (Å²) in [4.78, 5) is 17.7. The van der Waals surface area contributed by atoms with Gasteiger partial charge in [0, 0.05) is 19.3 Å². The maximum absolute atomic E-state index is 12.1.